The second-order valence-corrected chi connectivity index (χ2v) is 5.89. The van der Waals surface area contributed by atoms with Crippen LogP contribution >= 0.6 is 11.8 Å². The lowest BCUT2D eigenvalue weighted by Crippen LogP contribution is -2.01. The number of aryl methyl sites for hydroxylation is 2. The van der Waals surface area contributed by atoms with Gasteiger partial charge in [0.05, 0.1) is 0 Å². The topological polar surface area (TPSA) is 0 Å². The minimum absolute atomic E-state index is 0.884. The van der Waals surface area contributed by atoms with Crippen LogP contribution in [0.25, 0.3) is 0 Å². The lowest BCUT2D eigenvalue weighted by molar-refractivity contribution is 0.734. The van der Waals surface area contributed by atoms with E-state index < -0.39 is 0 Å². The number of benzene rings is 1. The molecule has 1 fully saturated rings. The number of fused-ring (bicyclic) bond motifs is 3. The molecule has 74 valence electrons. The Bertz CT molecular complexity index is 381. The Labute approximate surface area is 90.1 Å². The normalized spacial score (nSPS) is 29.0. The van der Waals surface area contributed by atoms with Crippen LogP contribution in [0.5, 0.6) is 0 Å². The van der Waals surface area contributed by atoms with E-state index >= 15 is 0 Å². The van der Waals surface area contributed by atoms with Crippen molar-refractivity contribution in [2.45, 2.75) is 49.2 Å². The summed E-state index contributed by atoms with van der Waals surface area (Å²) in [5, 5.41) is 0.907. The van der Waals surface area contributed by atoms with Crippen molar-refractivity contribution in [3.05, 3.63) is 28.8 Å². The van der Waals surface area contributed by atoms with Gasteiger partial charge in [0.15, 0.2) is 0 Å². The minimum Gasteiger partial charge on any atom is -0.122 e. The van der Waals surface area contributed by atoms with E-state index in [1.54, 1.807) is 10.5 Å². The Morgan fingerprint density at radius 2 is 1.93 bits per heavy atom. The van der Waals surface area contributed by atoms with Crippen molar-refractivity contribution in [2.75, 3.05) is 0 Å². The summed E-state index contributed by atoms with van der Waals surface area (Å²) in [5.74, 6) is 0.884. The van der Waals surface area contributed by atoms with Gasteiger partial charge in [-0.3, -0.25) is 0 Å². The molecule has 0 radical (unpaired) electrons. The Balaban J connectivity index is 2.18. The molecule has 1 heteroatoms. The molecule has 2 atom stereocenters. The van der Waals surface area contributed by atoms with E-state index in [2.05, 4.69) is 37.7 Å². The molecule has 0 saturated heterocycles. The third-order valence-corrected chi connectivity index (χ3v) is 5.35. The maximum atomic E-state index is 2.30. The van der Waals surface area contributed by atoms with E-state index in [1.165, 1.54) is 30.4 Å². The standard InChI is InChI=1S/C13H16S/c1-8-6-7-9(2)13-12(8)10-4-3-5-11(10)14-13/h6-7,10-11H,3-5H2,1-2H3. The van der Waals surface area contributed by atoms with Gasteiger partial charge in [-0.05, 0) is 49.3 Å². The molecule has 1 aromatic rings. The van der Waals surface area contributed by atoms with Crippen molar-refractivity contribution in [2.24, 2.45) is 0 Å². The molecule has 1 saturated carbocycles. The Morgan fingerprint density at radius 1 is 1.14 bits per heavy atom. The summed E-state index contributed by atoms with van der Waals surface area (Å²) in [6, 6.07) is 4.58. The smallest absolute Gasteiger partial charge is 0.0164 e. The molecule has 1 aromatic carbocycles. The van der Waals surface area contributed by atoms with Gasteiger partial charge in [-0.15, -0.1) is 11.8 Å². The number of rotatable bonds is 0. The zero-order chi connectivity index (χ0) is 9.71. The van der Waals surface area contributed by atoms with Crippen molar-refractivity contribution in [1.29, 1.82) is 0 Å². The van der Waals surface area contributed by atoms with E-state index in [1.807, 2.05) is 0 Å². The second kappa shape index (κ2) is 3.03. The van der Waals surface area contributed by atoms with Crippen molar-refractivity contribution < 1.29 is 0 Å². The average molecular weight is 204 g/mol. The highest BCUT2D eigenvalue weighted by Gasteiger charge is 2.38. The summed E-state index contributed by atoms with van der Waals surface area (Å²) in [6.45, 7) is 4.53. The molecule has 1 heterocycles. The molecule has 1 aliphatic carbocycles. The highest BCUT2D eigenvalue weighted by atomic mass is 32.2. The van der Waals surface area contributed by atoms with Gasteiger partial charge >= 0.3 is 0 Å². The monoisotopic (exact) mass is 204 g/mol. The molecule has 0 aromatic heterocycles. The molecule has 0 bridgehead atoms. The van der Waals surface area contributed by atoms with Crippen molar-refractivity contribution >= 4 is 11.8 Å². The third kappa shape index (κ3) is 1.08. The molecule has 0 spiro atoms. The summed E-state index contributed by atoms with van der Waals surface area (Å²) in [6.07, 6.45) is 4.30. The summed E-state index contributed by atoms with van der Waals surface area (Å²) >= 11 is 2.15. The van der Waals surface area contributed by atoms with Crippen LogP contribution in [-0.2, 0) is 0 Å². The minimum atomic E-state index is 0.884. The molecule has 2 aliphatic rings. The molecule has 0 amide bonds. The van der Waals surface area contributed by atoms with Crippen molar-refractivity contribution in [3.63, 3.8) is 0 Å². The zero-order valence-corrected chi connectivity index (χ0v) is 9.66. The van der Waals surface area contributed by atoms with Gasteiger partial charge < -0.3 is 0 Å². The van der Waals surface area contributed by atoms with Gasteiger partial charge in [0.2, 0.25) is 0 Å². The molecule has 0 N–H and O–H groups in total. The van der Waals surface area contributed by atoms with E-state index in [0.29, 0.717) is 0 Å². The molecular weight excluding hydrogens is 188 g/mol. The van der Waals surface area contributed by atoms with Crippen LogP contribution in [0.2, 0.25) is 0 Å². The molecule has 3 rings (SSSR count). The predicted molar refractivity (Wildman–Crippen MR) is 62.2 cm³/mol. The lowest BCUT2D eigenvalue weighted by atomic mass is 9.92. The second-order valence-electron chi connectivity index (χ2n) is 4.64. The van der Waals surface area contributed by atoms with Crippen LogP contribution < -0.4 is 0 Å². The number of thioether (sulfide) groups is 1. The number of hydrogen-bond acceptors (Lipinski definition) is 1. The SMILES string of the molecule is Cc1ccc(C)c2c1SC1CCCC21. The fourth-order valence-corrected chi connectivity index (χ4v) is 4.69. The molecule has 1 aliphatic heterocycles. The third-order valence-electron chi connectivity index (χ3n) is 3.70. The van der Waals surface area contributed by atoms with Crippen LogP contribution in [0, 0.1) is 13.8 Å². The van der Waals surface area contributed by atoms with Gasteiger partial charge in [-0.25, -0.2) is 0 Å². The Morgan fingerprint density at radius 3 is 2.79 bits per heavy atom. The summed E-state index contributed by atoms with van der Waals surface area (Å²) in [7, 11) is 0. The van der Waals surface area contributed by atoms with Crippen LogP contribution in [0.15, 0.2) is 17.0 Å². The van der Waals surface area contributed by atoms with Crippen LogP contribution in [0.1, 0.15) is 41.9 Å². The largest absolute Gasteiger partial charge is 0.122 e. The van der Waals surface area contributed by atoms with Crippen molar-refractivity contribution in [3.8, 4) is 0 Å². The first-order valence-corrected chi connectivity index (χ1v) is 6.42. The van der Waals surface area contributed by atoms with Crippen LogP contribution in [-0.4, -0.2) is 5.25 Å². The molecule has 14 heavy (non-hydrogen) atoms. The molecule has 2 unspecified atom stereocenters. The quantitative estimate of drug-likeness (QED) is 0.614. The van der Waals surface area contributed by atoms with Gasteiger partial charge in [0.1, 0.15) is 0 Å². The van der Waals surface area contributed by atoms with Gasteiger partial charge in [-0.1, -0.05) is 18.6 Å². The first kappa shape index (κ1) is 8.84. The highest BCUT2D eigenvalue weighted by molar-refractivity contribution is 8.00. The lowest BCUT2D eigenvalue weighted by Gasteiger charge is -2.11. The van der Waals surface area contributed by atoms with Crippen LogP contribution in [0.4, 0.5) is 0 Å². The summed E-state index contributed by atoms with van der Waals surface area (Å²) < 4.78 is 0. The molecular formula is C13H16S. The number of hydrogen-bond donors (Lipinski definition) is 0. The summed E-state index contributed by atoms with van der Waals surface area (Å²) in [4.78, 5) is 1.61. The maximum Gasteiger partial charge on any atom is 0.0164 e. The van der Waals surface area contributed by atoms with Gasteiger partial charge in [0.25, 0.3) is 0 Å². The highest BCUT2D eigenvalue weighted by Crippen LogP contribution is 2.55. The van der Waals surface area contributed by atoms with E-state index in [-0.39, 0.29) is 0 Å². The van der Waals surface area contributed by atoms with Crippen molar-refractivity contribution in [1.82, 2.24) is 0 Å². The van der Waals surface area contributed by atoms with E-state index in [0.717, 1.165) is 11.2 Å². The predicted octanol–water partition coefficient (Wildman–Crippen LogP) is 4.05. The Hall–Kier alpha value is -0.430. The average Bonchev–Trinajstić information content (AvgIpc) is 2.70. The Kier molecular flexibility index (Phi) is 1.91. The van der Waals surface area contributed by atoms with E-state index in [9.17, 15) is 0 Å². The molecule has 0 nitrogen and oxygen atoms in total. The zero-order valence-electron chi connectivity index (χ0n) is 8.84. The van der Waals surface area contributed by atoms with Gasteiger partial charge in [0, 0.05) is 10.1 Å². The maximum absolute atomic E-state index is 2.30. The fraction of sp³-hybridized carbons (Fsp3) is 0.538. The fourth-order valence-electron chi connectivity index (χ4n) is 2.97. The summed E-state index contributed by atoms with van der Waals surface area (Å²) in [5.41, 5.74) is 4.70. The first-order valence-electron chi connectivity index (χ1n) is 5.54. The first-order chi connectivity index (χ1) is 6.77. The van der Waals surface area contributed by atoms with Gasteiger partial charge in [-0.2, -0.15) is 0 Å². The van der Waals surface area contributed by atoms with E-state index in [4.69, 9.17) is 0 Å². The van der Waals surface area contributed by atoms with Crippen LogP contribution in [0.3, 0.4) is 0 Å².